The smallest absolute Gasteiger partial charge is 0.273 e. The summed E-state index contributed by atoms with van der Waals surface area (Å²) in [4.78, 5) is 23.6. The van der Waals surface area contributed by atoms with E-state index in [1.807, 2.05) is 0 Å². The van der Waals surface area contributed by atoms with E-state index in [2.05, 4.69) is 10.9 Å². The monoisotopic (exact) mass is 350 g/mol. The van der Waals surface area contributed by atoms with Gasteiger partial charge in [-0.05, 0) is 50.6 Å². The van der Waals surface area contributed by atoms with Crippen molar-refractivity contribution in [3.63, 3.8) is 0 Å². The summed E-state index contributed by atoms with van der Waals surface area (Å²) in [6, 6.07) is 8.61. The number of ether oxygens (including phenoxy) is 1. The fourth-order valence-electron chi connectivity index (χ4n) is 2.07. The topological polar surface area (TPSA) is 80.6 Å². The molecule has 2 amide bonds. The first kappa shape index (κ1) is 17.9. The van der Waals surface area contributed by atoms with Crippen molar-refractivity contribution < 1.29 is 18.7 Å². The van der Waals surface area contributed by atoms with Crippen molar-refractivity contribution >= 4 is 23.4 Å². The van der Waals surface area contributed by atoms with E-state index in [4.69, 9.17) is 20.8 Å². The zero-order chi connectivity index (χ0) is 17.5. The molecule has 0 atom stereocenters. The number of hydrogen-bond acceptors (Lipinski definition) is 4. The number of amides is 2. The van der Waals surface area contributed by atoms with Crippen LogP contribution in [0.2, 0.25) is 5.02 Å². The largest absolute Gasteiger partial charge is 0.494 e. The Hall–Kier alpha value is -2.47. The summed E-state index contributed by atoms with van der Waals surface area (Å²) in [5.74, 6) is 1.15. The Labute approximate surface area is 145 Å². The van der Waals surface area contributed by atoms with Crippen molar-refractivity contribution in [2.45, 2.75) is 26.7 Å². The first-order chi connectivity index (χ1) is 11.5. The summed E-state index contributed by atoms with van der Waals surface area (Å²) < 4.78 is 10.8. The van der Waals surface area contributed by atoms with Crippen LogP contribution in [0.25, 0.3) is 0 Å². The molecule has 0 aliphatic heterocycles. The van der Waals surface area contributed by atoms with Gasteiger partial charge in [-0.2, -0.15) is 0 Å². The molecule has 1 aromatic carbocycles. The molecular formula is C17H19ClN2O4. The molecule has 24 heavy (non-hydrogen) atoms. The van der Waals surface area contributed by atoms with Crippen molar-refractivity contribution in [3.05, 3.63) is 52.4 Å². The van der Waals surface area contributed by atoms with Gasteiger partial charge in [0.1, 0.15) is 17.3 Å². The molecule has 0 radical (unpaired) electrons. The van der Waals surface area contributed by atoms with Gasteiger partial charge in [0.2, 0.25) is 5.91 Å². The second-order valence-electron chi connectivity index (χ2n) is 5.24. The van der Waals surface area contributed by atoms with Gasteiger partial charge in [-0.1, -0.05) is 11.6 Å². The Balaban J connectivity index is 1.65. The van der Waals surface area contributed by atoms with Crippen molar-refractivity contribution in [1.82, 2.24) is 10.9 Å². The SMILES string of the molecule is Cc1cc(C(=O)NNC(=O)CCCOc2ccc(Cl)cc2)c(C)o1. The summed E-state index contributed by atoms with van der Waals surface area (Å²) >= 11 is 5.78. The highest BCUT2D eigenvalue weighted by Gasteiger charge is 2.13. The van der Waals surface area contributed by atoms with Crippen molar-refractivity contribution in [2.75, 3.05) is 6.61 Å². The number of hydrogen-bond donors (Lipinski definition) is 2. The number of carbonyl (C=O) groups is 2. The second-order valence-corrected chi connectivity index (χ2v) is 5.67. The van der Waals surface area contributed by atoms with Crippen LogP contribution in [-0.4, -0.2) is 18.4 Å². The van der Waals surface area contributed by atoms with E-state index < -0.39 is 5.91 Å². The average Bonchev–Trinajstić information content (AvgIpc) is 2.89. The fraction of sp³-hybridized carbons (Fsp3) is 0.294. The molecule has 0 unspecified atom stereocenters. The lowest BCUT2D eigenvalue weighted by atomic mass is 10.2. The maximum Gasteiger partial charge on any atom is 0.273 e. The van der Waals surface area contributed by atoms with Crippen molar-refractivity contribution in [2.24, 2.45) is 0 Å². The van der Waals surface area contributed by atoms with Crippen LogP contribution in [-0.2, 0) is 4.79 Å². The molecule has 7 heteroatoms. The highest BCUT2D eigenvalue weighted by Crippen LogP contribution is 2.15. The minimum Gasteiger partial charge on any atom is -0.494 e. The number of aryl methyl sites for hydroxylation is 2. The van der Waals surface area contributed by atoms with Gasteiger partial charge < -0.3 is 9.15 Å². The first-order valence-corrected chi connectivity index (χ1v) is 7.88. The van der Waals surface area contributed by atoms with E-state index in [0.717, 1.165) is 0 Å². The summed E-state index contributed by atoms with van der Waals surface area (Å²) in [6.07, 6.45) is 0.755. The van der Waals surface area contributed by atoms with E-state index in [9.17, 15) is 9.59 Å². The van der Waals surface area contributed by atoms with E-state index in [1.54, 1.807) is 44.2 Å². The highest BCUT2D eigenvalue weighted by molar-refractivity contribution is 6.30. The number of rotatable bonds is 6. The van der Waals surface area contributed by atoms with Crippen LogP contribution in [0, 0.1) is 13.8 Å². The predicted molar refractivity (Wildman–Crippen MR) is 90.0 cm³/mol. The van der Waals surface area contributed by atoms with Crippen molar-refractivity contribution in [3.8, 4) is 5.75 Å². The van der Waals surface area contributed by atoms with E-state index >= 15 is 0 Å². The van der Waals surface area contributed by atoms with E-state index in [1.165, 1.54) is 0 Å². The number of furan rings is 1. The fourth-order valence-corrected chi connectivity index (χ4v) is 2.19. The maximum absolute atomic E-state index is 11.9. The zero-order valence-corrected chi connectivity index (χ0v) is 14.3. The molecule has 2 rings (SSSR count). The van der Waals surface area contributed by atoms with Crippen LogP contribution in [0.5, 0.6) is 5.75 Å². The van der Waals surface area contributed by atoms with Crippen LogP contribution in [0.15, 0.2) is 34.7 Å². The summed E-state index contributed by atoms with van der Waals surface area (Å²) in [5.41, 5.74) is 5.14. The standard InChI is InChI=1S/C17H19ClN2O4/c1-11-10-15(12(2)24-11)17(22)20-19-16(21)4-3-9-23-14-7-5-13(18)6-8-14/h5-8,10H,3-4,9H2,1-2H3,(H,19,21)(H,20,22). The molecule has 6 nitrogen and oxygen atoms in total. The molecule has 2 N–H and O–H groups in total. The predicted octanol–water partition coefficient (Wildman–Crippen LogP) is 3.17. The number of nitrogens with one attached hydrogen (secondary N) is 2. The zero-order valence-electron chi connectivity index (χ0n) is 13.5. The lowest BCUT2D eigenvalue weighted by Gasteiger charge is -2.08. The summed E-state index contributed by atoms with van der Waals surface area (Å²) in [6.45, 7) is 3.84. The molecule has 0 saturated heterocycles. The van der Waals surface area contributed by atoms with Gasteiger partial charge in [0.05, 0.1) is 12.2 Å². The van der Waals surface area contributed by atoms with Gasteiger partial charge in [-0.15, -0.1) is 0 Å². The molecule has 0 fully saturated rings. The Morgan fingerprint density at radius 1 is 1.17 bits per heavy atom. The third-order valence-corrected chi connectivity index (χ3v) is 3.48. The molecule has 0 saturated carbocycles. The molecule has 0 aliphatic rings. The molecule has 0 bridgehead atoms. The second kappa shape index (κ2) is 8.40. The molecular weight excluding hydrogens is 332 g/mol. The summed E-state index contributed by atoms with van der Waals surface area (Å²) in [7, 11) is 0. The maximum atomic E-state index is 11.9. The van der Waals surface area contributed by atoms with E-state index in [-0.39, 0.29) is 12.3 Å². The number of halogens is 1. The van der Waals surface area contributed by atoms with Gasteiger partial charge in [-0.3, -0.25) is 20.4 Å². The molecule has 1 heterocycles. The number of carbonyl (C=O) groups excluding carboxylic acids is 2. The average molecular weight is 351 g/mol. The Bertz CT molecular complexity index is 710. The normalized spacial score (nSPS) is 10.3. The van der Waals surface area contributed by atoms with Crippen LogP contribution < -0.4 is 15.6 Å². The minimum absolute atomic E-state index is 0.233. The molecule has 128 valence electrons. The van der Waals surface area contributed by atoms with Crippen LogP contribution >= 0.6 is 11.6 Å². The number of hydrazine groups is 1. The van der Waals surface area contributed by atoms with Crippen LogP contribution in [0.4, 0.5) is 0 Å². The number of benzene rings is 1. The van der Waals surface area contributed by atoms with E-state index in [0.29, 0.717) is 40.9 Å². The Morgan fingerprint density at radius 3 is 2.50 bits per heavy atom. The third-order valence-electron chi connectivity index (χ3n) is 3.23. The molecule has 1 aromatic heterocycles. The Morgan fingerprint density at radius 2 is 1.88 bits per heavy atom. The third kappa shape index (κ3) is 5.31. The molecule has 2 aromatic rings. The van der Waals surface area contributed by atoms with Crippen LogP contribution in [0.1, 0.15) is 34.7 Å². The Kier molecular flexibility index (Phi) is 6.26. The summed E-state index contributed by atoms with van der Waals surface area (Å²) in [5, 5.41) is 0.639. The van der Waals surface area contributed by atoms with Gasteiger partial charge >= 0.3 is 0 Å². The van der Waals surface area contributed by atoms with Crippen LogP contribution in [0.3, 0.4) is 0 Å². The van der Waals surface area contributed by atoms with Crippen molar-refractivity contribution in [1.29, 1.82) is 0 Å². The van der Waals surface area contributed by atoms with Gasteiger partial charge in [0, 0.05) is 11.4 Å². The minimum atomic E-state index is -0.407. The highest BCUT2D eigenvalue weighted by atomic mass is 35.5. The molecule has 0 aliphatic carbocycles. The van der Waals surface area contributed by atoms with Gasteiger partial charge in [-0.25, -0.2) is 0 Å². The quantitative estimate of drug-likeness (QED) is 0.619. The lowest BCUT2D eigenvalue weighted by molar-refractivity contribution is -0.122. The van der Waals surface area contributed by atoms with Gasteiger partial charge in [0.25, 0.3) is 5.91 Å². The molecule has 0 spiro atoms. The lowest BCUT2D eigenvalue weighted by Crippen LogP contribution is -2.41. The first-order valence-electron chi connectivity index (χ1n) is 7.50. The van der Waals surface area contributed by atoms with Gasteiger partial charge in [0.15, 0.2) is 0 Å².